The Kier molecular flexibility index (Phi) is 12.2. The normalized spacial score (nSPS) is 16.6. The molecule has 1 aliphatic heterocycles. The van der Waals surface area contributed by atoms with Crippen LogP contribution in [0.1, 0.15) is 111 Å². The Balaban J connectivity index is 1.59. The smallest absolute Gasteiger partial charge is 0.416 e. The van der Waals surface area contributed by atoms with E-state index in [4.69, 9.17) is 0 Å². The van der Waals surface area contributed by atoms with Gasteiger partial charge in [0.05, 0.1) is 23.6 Å². The minimum atomic E-state index is -4.82. The van der Waals surface area contributed by atoms with Crippen molar-refractivity contribution < 1.29 is 36.6 Å². The Hall–Kier alpha value is -4.50. The number of benzene rings is 2. The summed E-state index contributed by atoms with van der Waals surface area (Å²) >= 11 is 0. The maximum Gasteiger partial charge on any atom is 0.416 e. The van der Waals surface area contributed by atoms with Gasteiger partial charge in [-0.05, 0) is 112 Å². The summed E-state index contributed by atoms with van der Waals surface area (Å²) in [5.74, 6) is 0.368. The molecule has 2 heterocycles. The number of likely N-dealkylation sites (tertiary alicyclic amines) is 1. The third-order valence-electron chi connectivity index (χ3n) is 10.3. The summed E-state index contributed by atoms with van der Waals surface area (Å²) in [5.41, 5.74) is -1.40. The monoisotopic (exact) mass is 739 g/mol. The van der Waals surface area contributed by atoms with Gasteiger partial charge < -0.3 is 19.9 Å². The van der Waals surface area contributed by atoms with E-state index in [9.17, 15) is 32.7 Å². The number of nitrogens with one attached hydrogen (secondary N) is 1. The Bertz CT molecular complexity index is 1960. The molecule has 2 atom stereocenters. The Morgan fingerprint density at radius 2 is 1.66 bits per heavy atom. The third-order valence-corrected chi connectivity index (χ3v) is 10.3. The van der Waals surface area contributed by atoms with E-state index in [0.717, 1.165) is 30.2 Å². The van der Waals surface area contributed by atoms with Gasteiger partial charge in [-0.3, -0.25) is 14.4 Å². The van der Waals surface area contributed by atoms with Gasteiger partial charge in [-0.2, -0.15) is 13.2 Å². The Morgan fingerprint density at radius 1 is 1.02 bits per heavy atom. The zero-order valence-corrected chi connectivity index (χ0v) is 30.7. The average molecular weight is 740 g/mol. The Labute approximate surface area is 306 Å². The molecular weight excluding hydrogens is 693 g/mol. The number of amides is 1. The SMILES string of the molecule is CC#Cc1cc(-c2c(C)cccc2C)c(F)c(C(CC(=O)O)NC(=O)C(CC(C)C)n2cc(C3CCN(CC4CC4)CC3)c(C(F)(F)F)cc2=O)c1F. The fraction of sp³-hybridized carbons (Fsp3) is 0.488. The van der Waals surface area contributed by atoms with Crippen molar-refractivity contribution in [3.63, 3.8) is 0 Å². The standard InChI is InChI=1S/C41H46F5N3O4/c1-6-8-28-18-29(36-24(4)9-7-10-25(36)5)39(43)37(38(28)42)32(20-35(51)52)47-40(53)33(17-23(2)3)49-22-30(31(19-34(49)50)41(44,45)46)27-13-15-48(16-14-27)21-26-11-12-26/h7,9-10,18-19,22-23,26-27,32-33H,11-17,20-21H2,1-5H3,(H,47,53)(H,51,52). The first-order chi connectivity index (χ1) is 25.0. The van der Waals surface area contributed by atoms with Gasteiger partial charge in [-0.1, -0.05) is 38.0 Å². The first-order valence-electron chi connectivity index (χ1n) is 18.1. The summed E-state index contributed by atoms with van der Waals surface area (Å²) in [7, 11) is 0. The van der Waals surface area contributed by atoms with Crippen LogP contribution in [0.3, 0.4) is 0 Å². The van der Waals surface area contributed by atoms with Crippen LogP contribution in [0, 0.1) is 49.2 Å². The molecule has 1 aliphatic carbocycles. The minimum absolute atomic E-state index is 0.0316. The quantitative estimate of drug-likeness (QED) is 0.144. The van der Waals surface area contributed by atoms with Crippen LogP contribution in [0.5, 0.6) is 0 Å². The average Bonchev–Trinajstić information content (AvgIpc) is 3.89. The second-order valence-electron chi connectivity index (χ2n) is 14.9. The lowest BCUT2D eigenvalue weighted by atomic mass is 9.87. The lowest BCUT2D eigenvalue weighted by Crippen LogP contribution is -2.41. The zero-order valence-electron chi connectivity index (χ0n) is 30.7. The van der Waals surface area contributed by atoms with E-state index in [1.54, 1.807) is 45.9 Å². The van der Waals surface area contributed by atoms with Gasteiger partial charge in [0.25, 0.3) is 5.56 Å². The summed E-state index contributed by atoms with van der Waals surface area (Å²) in [4.78, 5) is 42.2. The van der Waals surface area contributed by atoms with Crippen molar-refractivity contribution in [3.05, 3.63) is 91.9 Å². The lowest BCUT2D eigenvalue weighted by Gasteiger charge is -2.34. The van der Waals surface area contributed by atoms with Crippen molar-refractivity contribution in [1.82, 2.24) is 14.8 Å². The van der Waals surface area contributed by atoms with Crippen LogP contribution in [0.25, 0.3) is 11.1 Å². The number of aryl methyl sites for hydroxylation is 2. The third kappa shape index (κ3) is 9.18. The molecule has 1 aromatic heterocycles. The van der Waals surface area contributed by atoms with Crippen molar-refractivity contribution in [2.24, 2.45) is 11.8 Å². The molecule has 0 bridgehead atoms. The molecule has 12 heteroatoms. The Morgan fingerprint density at radius 3 is 2.21 bits per heavy atom. The number of aliphatic carboxylic acids is 1. The fourth-order valence-electron chi connectivity index (χ4n) is 7.54. The maximum absolute atomic E-state index is 16.7. The van der Waals surface area contributed by atoms with E-state index < -0.39 is 70.8 Å². The highest BCUT2D eigenvalue weighted by molar-refractivity contribution is 5.82. The molecule has 284 valence electrons. The largest absolute Gasteiger partial charge is 0.481 e. The number of halogens is 5. The highest BCUT2D eigenvalue weighted by atomic mass is 19.4. The number of hydrogen-bond acceptors (Lipinski definition) is 4. The predicted molar refractivity (Wildman–Crippen MR) is 192 cm³/mol. The molecule has 2 aromatic carbocycles. The molecule has 2 unspecified atom stereocenters. The number of aromatic nitrogens is 1. The van der Waals surface area contributed by atoms with E-state index in [0.29, 0.717) is 54.6 Å². The van der Waals surface area contributed by atoms with E-state index >= 15 is 8.78 Å². The van der Waals surface area contributed by atoms with Crippen LogP contribution in [0.4, 0.5) is 22.0 Å². The molecule has 2 N–H and O–H groups in total. The number of carbonyl (C=O) groups excluding carboxylic acids is 1. The summed E-state index contributed by atoms with van der Waals surface area (Å²) in [5, 5.41) is 12.4. The molecule has 1 saturated carbocycles. The highest BCUT2D eigenvalue weighted by Crippen LogP contribution is 2.40. The molecule has 53 heavy (non-hydrogen) atoms. The number of carboxylic acid groups (broad SMARTS) is 1. The van der Waals surface area contributed by atoms with Crippen LogP contribution >= 0.6 is 0 Å². The van der Waals surface area contributed by atoms with Crippen LogP contribution in [0.15, 0.2) is 41.3 Å². The molecule has 1 amide bonds. The number of nitrogens with zero attached hydrogens (tertiary/aromatic N) is 2. The van der Waals surface area contributed by atoms with Crippen molar-refractivity contribution >= 4 is 11.9 Å². The highest BCUT2D eigenvalue weighted by Gasteiger charge is 2.39. The topological polar surface area (TPSA) is 91.6 Å². The van der Waals surface area contributed by atoms with Gasteiger partial charge in [-0.15, -0.1) is 5.92 Å². The van der Waals surface area contributed by atoms with E-state index in [-0.39, 0.29) is 29.0 Å². The molecule has 0 spiro atoms. The molecular formula is C41H46F5N3O4. The maximum atomic E-state index is 16.7. The summed E-state index contributed by atoms with van der Waals surface area (Å²) in [6.45, 7) is 10.6. The molecule has 2 aliphatic rings. The van der Waals surface area contributed by atoms with Crippen molar-refractivity contribution in [2.75, 3.05) is 19.6 Å². The van der Waals surface area contributed by atoms with Crippen molar-refractivity contribution in [3.8, 4) is 23.0 Å². The summed E-state index contributed by atoms with van der Waals surface area (Å²) in [6, 6.07) is 3.85. The molecule has 7 nitrogen and oxygen atoms in total. The molecule has 5 rings (SSSR count). The van der Waals surface area contributed by atoms with Crippen LogP contribution in [0.2, 0.25) is 0 Å². The van der Waals surface area contributed by atoms with Gasteiger partial charge >= 0.3 is 12.1 Å². The first-order valence-corrected chi connectivity index (χ1v) is 18.1. The predicted octanol–water partition coefficient (Wildman–Crippen LogP) is 8.31. The number of rotatable bonds is 12. The van der Waals surface area contributed by atoms with E-state index in [2.05, 4.69) is 22.1 Å². The lowest BCUT2D eigenvalue weighted by molar-refractivity contribution is -0.139. The zero-order chi connectivity index (χ0) is 38.8. The molecule has 1 saturated heterocycles. The number of carboxylic acids is 1. The summed E-state index contributed by atoms with van der Waals surface area (Å²) < 4.78 is 77.1. The molecule has 3 aromatic rings. The van der Waals surface area contributed by atoms with Crippen molar-refractivity contribution in [2.45, 2.75) is 97.3 Å². The second-order valence-corrected chi connectivity index (χ2v) is 14.9. The van der Waals surface area contributed by atoms with Crippen molar-refractivity contribution in [1.29, 1.82) is 0 Å². The summed E-state index contributed by atoms with van der Waals surface area (Å²) in [6.07, 6.45) is -1.49. The molecule has 0 radical (unpaired) electrons. The van der Waals surface area contributed by atoms with Crippen LogP contribution in [-0.2, 0) is 15.8 Å². The van der Waals surface area contributed by atoms with Gasteiger partial charge in [-0.25, -0.2) is 8.78 Å². The second kappa shape index (κ2) is 16.3. The van der Waals surface area contributed by atoms with Gasteiger partial charge in [0, 0.05) is 29.9 Å². The van der Waals surface area contributed by atoms with Gasteiger partial charge in [0.2, 0.25) is 5.91 Å². The van der Waals surface area contributed by atoms with E-state index in [1.165, 1.54) is 13.0 Å². The number of alkyl halides is 3. The molecule has 2 fully saturated rings. The number of carbonyl (C=O) groups is 2. The fourth-order valence-corrected chi connectivity index (χ4v) is 7.54. The number of hydrogen-bond donors (Lipinski definition) is 2. The number of piperidine rings is 1. The van der Waals surface area contributed by atoms with E-state index in [1.807, 2.05) is 0 Å². The minimum Gasteiger partial charge on any atom is -0.481 e. The van der Waals surface area contributed by atoms with Gasteiger partial charge in [0.1, 0.15) is 17.7 Å². The van der Waals surface area contributed by atoms with Crippen LogP contribution < -0.4 is 10.9 Å². The number of pyridine rings is 1. The van der Waals surface area contributed by atoms with Gasteiger partial charge in [0.15, 0.2) is 0 Å². The van der Waals surface area contributed by atoms with Crippen LogP contribution in [-0.4, -0.2) is 46.1 Å². The first kappa shape index (κ1) is 39.7.